The Morgan fingerprint density at radius 2 is 2.11 bits per heavy atom. The van der Waals surface area contributed by atoms with Crippen LogP contribution < -0.4 is 5.32 Å². The van der Waals surface area contributed by atoms with E-state index in [-0.39, 0.29) is 18.1 Å². The lowest BCUT2D eigenvalue weighted by atomic mass is 10.1. The van der Waals surface area contributed by atoms with Crippen molar-refractivity contribution in [2.24, 2.45) is 5.92 Å². The minimum Gasteiger partial charge on any atom is -0.392 e. The summed E-state index contributed by atoms with van der Waals surface area (Å²) in [6.45, 7) is 6.57. The van der Waals surface area contributed by atoms with E-state index in [1.807, 2.05) is 13.8 Å². The van der Waals surface area contributed by atoms with Crippen LogP contribution in [0.2, 0.25) is 0 Å². The summed E-state index contributed by atoms with van der Waals surface area (Å²) in [5.74, 6) is 0.227. The average molecular weight is 261 g/mol. The molecule has 0 bridgehead atoms. The monoisotopic (exact) mass is 261 g/mol. The van der Waals surface area contributed by atoms with Crippen molar-refractivity contribution in [3.05, 3.63) is 0 Å². The molecule has 0 aromatic heterocycles. The molecule has 3 N–H and O–H groups in total. The van der Waals surface area contributed by atoms with E-state index in [1.54, 1.807) is 0 Å². The third kappa shape index (κ3) is 6.66. The van der Waals surface area contributed by atoms with Crippen LogP contribution >= 0.6 is 0 Å². The highest BCUT2D eigenvalue weighted by molar-refractivity contribution is 4.67. The summed E-state index contributed by atoms with van der Waals surface area (Å²) < 4.78 is 10.8. The van der Waals surface area contributed by atoms with Gasteiger partial charge in [0, 0.05) is 19.7 Å². The van der Waals surface area contributed by atoms with E-state index in [1.165, 1.54) is 0 Å². The van der Waals surface area contributed by atoms with Gasteiger partial charge in [0.05, 0.1) is 31.5 Å². The molecule has 0 aromatic carbocycles. The van der Waals surface area contributed by atoms with Crippen molar-refractivity contribution in [2.45, 2.75) is 45.0 Å². The molecule has 0 aliphatic carbocycles. The lowest BCUT2D eigenvalue weighted by Crippen LogP contribution is -2.37. The van der Waals surface area contributed by atoms with Crippen molar-refractivity contribution in [3.63, 3.8) is 0 Å². The molecule has 1 aliphatic rings. The molecule has 1 saturated heterocycles. The SMILES string of the molecule is CC(C)C(O)CNCC(O)COCC1CCCO1. The Morgan fingerprint density at radius 3 is 2.72 bits per heavy atom. The number of hydrogen-bond acceptors (Lipinski definition) is 5. The molecule has 5 heteroatoms. The molecule has 0 amide bonds. The van der Waals surface area contributed by atoms with Crippen molar-refractivity contribution < 1.29 is 19.7 Å². The normalized spacial score (nSPS) is 23.5. The van der Waals surface area contributed by atoms with Gasteiger partial charge in [0.25, 0.3) is 0 Å². The maximum atomic E-state index is 9.66. The summed E-state index contributed by atoms with van der Waals surface area (Å²) in [6, 6.07) is 0. The number of aliphatic hydroxyl groups is 2. The van der Waals surface area contributed by atoms with E-state index in [2.05, 4.69) is 5.32 Å². The van der Waals surface area contributed by atoms with E-state index in [4.69, 9.17) is 9.47 Å². The fourth-order valence-corrected chi connectivity index (χ4v) is 1.80. The van der Waals surface area contributed by atoms with Gasteiger partial charge in [-0.1, -0.05) is 13.8 Å². The van der Waals surface area contributed by atoms with Crippen LogP contribution in [0.3, 0.4) is 0 Å². The molecule has 0 aromatic rings. The Morgan fingerprint density at radius 1 is 1.33 bits per heavy atom. The van der Waals surface area contributed by atoms with E-state index in [0.717, 1.165) is 19.4 Å². The fourth-order valence-electron chi connectivity index (χ4n) is 1.80. The zero-order valence-corrected chi connectivity index (χ0v) is 11.5. The van der Waals surface area contributed by atoms with Crippen molar-refractivity contribution in [1.29, 1.82) is 0 Å². The van der Waals surface area contributed by atoms with Crippen LogP contribution in [0.25, 0.3) is 0 Å². The standard InChI is InChI=1S/C13H27NO4/c1-10(2)13(16)7-14-6-11(15)8-17-9-12-4-3-5-18-12/h10-16H,3-9H2,1-2H3. The average Bonchev–Trinajstić information content (AvgIpc) is 2.81. The highest BCUT2D eigenvalue weighted by Crippen LogP contribution is 2.11. The Kier molecular flexibility index (Phi) is 7.77. The third-order valence-electron chi connectivity index (χ3n) is 3.14. The van der Waals surface area contributed by atoms with Crippen LogP contribution in [0.5, 0.6) is 0 Å². The van der Waals surface area contributed by atoms with Crippen molar-refractivity contribution in [1.82, 2.24) is 5.32 Å². The first-order chi connectivity index (χ1) is 8.59. The zero-order chi connectivity index (χ0) is 13.4. The van der Waals surface area contributed by atoms with Gasteiger partial charge in [0.15, 0.2) is 0 Å². The van der Waals surface area contributed by atoms with Crippen LogP contribution in [0, 0.1) is 5.92 Å². The maximum Gasteiger partial charge on any atom is 0.0897 e. The van der Waals surface area contributed by atoms with E-state index in [9.17, 15) is 10.2 Å². The zero-order valence-electron chi connectivity index (χ0n) is 11.5. The molecule has 1 aliphatic heterocycles. The molecule has 1 heterocycles. The predicted octanol–water partition coefficient (Wildman–Crippen LogP) is 0.149. The Balaban J connectivity index is 1.94. The third-order valence-corrected chi connectivity index (χ3v) is 3.14. The molecule has 0 spiro atoms. The predicted molar refractivity (Wildman–Crippen MR) is 69.5 cm³/mol. The van der Waals surface area contributed by atoms with Gasteiger partial charge in [-0.15, -0.1) is 0 Å². The van der Waals surface area contributed by atoms with Gasteiger partial charge in [-0.25, -0.2) is 0 Å². The molecule has 18 heavy (non-hydrogen) atoms. The van der Waals surface area contributed by atoms with Gasteiger partial charge in [-0.05, 0) is 18.8 Å². The first kappa shape index (κ1) is 15.9. The minimum absolute atomic E-state index is 0.202. The Labute approximate surface area is 109 Å². The summed E-state index contributed by atoms with van der Waals surface area (Å²) in [6.07, 6.45) is 1.45. The van der Waals surface area contributed by atoms with Gasteiger partial charge < -0.3 is 25.0 Å². The van der Waals surface area contributed by atoms with Crippen molar-refractivity contribution >= 4 is 0 Å². The summed E-state index contributed by atoms with van der Waals surface area (Å²) in [4.78, 5) is 0. The minimum atomic E-state index is -0.536. The topological polar surface area (TPSA) is 71.0 Å². The second-order valence-electron chi connectivity index (χ2n) is 5.30. The van der Waals surface area contributed by atoms with Crippen LogP contribution in [0.4, 0.5) is 0 Å². The first-order valence-electron chi connectivity index (χ1n) is 6.85. The van der Waals surface area contributed by atoms with Crippen molar-refractivity contribution in [2.75, 3.05) is 32.9 Å². The molecular weight excluding hydrogens is 234 g/mol. The van der Waals surface area contributed by atoms with E-state index in [0.29, 0.717) is 26.3 Å². The number of ether oxygens (including phenoxy) is 2. The Hall–Kier alpha value is -0.200. The highest BCUT2D eigenvalue weighted by Gasteiger charge is 2.16. The van der Waals surface area contributed by atoms with Gasteiger partial charge in [-0.3, -0.25) is 0 Å². The smallest absolute Gasteiger partial charge is 0.0897 e. The number of rotatable bonds is 9. The summed E-state index contributed by atoms with van der Waals surface area (Å²) in [5.41, 5.74) is 0. The summed E-state index contributed by atoms with van der Waals surface area (Å²) in [7, 11) is 0. The fraction of sp³-hybridized carbons (Fsp3) is 1.00. The lowest BCUT2D eigenvalue weighted by Gasteiger charge is -2.18. The Bertz CT molecular complexity index is 199. The molecule has 5 nitrogen and oxygen atoms in total. The summed E-state index contributed by atoms with van der Waals surface area (Å²) >= 11 is 0. The maximum absolute atomic E-state index is 9.66. The van der Waals surface area contributed by atoms with Crippen molar-refractivity contribution in [3.8, 4) is 0 Å². The largest absolute Gasteiger partial charge is 0.392 e. The van der Waals surface area contributed by atoms with Crippen LogP contribution in [-0.4, -0.2) is 61.4 Å². The molecule has 0 radical (unpaired) electrons. The number of hydrogen-bond donors (Lipinski definition) is 3. The molecular formula is C13H27NO4. The van der Waals surface area contributed by atoms with Gasteiger partial charge in [0.1, 0.15) is 0 Å². The van der Waals surface area contributed by atoms with Crippen LogP contribution in [-0.2, 0) is 9.47 Å². The van der Waals surface area contributed by atoms with Gasteiger partial charge >= 0.3 is 0 Å². The first-order valence-corrected chi connectivity index (χ1v) is 6.85. The highest BCUT2D eigenvalue weighted by atomic mass is 16.5. The summed E-state index contributed by atoms with van der Waals surface area (Å²) in [5, 5.41) is 22.3. The molecule has 1 fully saturated rings. The van der Waals surface area contributed by atoms with Gasteiger partial charge in [0.2, 0.25) is 0 Å². The number of nitrogens with one attached hydrogen (secondary N) is 1. The van der Waals surface area contributed by atoms with Crippen LogP contribution in [0.1, 0.15) is 26.7 Å². The molecule has 3 atom stereocenters. The second kappa shape index (κ2) is 8.82. The second-order valence-corrected chi connectivity index (χ2v) is 5.30. The lowest BCUT2D eigenvalue weighted by molar-refractivity contribution is -0.0171. The molecule has 3 unspecified atom stereocenters. The van der Waals surface area contributed by atoms with E-state index < -0.39 is 6.10 Å². The molecule has 1 rings (SSSR count). The molecule has 108 valence electrons. The number of aliphatic hydroxyl groups excluding tert-OH is 2. The van der Waals surface area contributed by atoms with Gasteiger partial charge in [-0.2, -0.15) is 0 Å². The quantitative estimate of drug-likeness (QED) is 0.551. The van der Waals surface area contributed by atoms with E-state index >= 15 is 0 Å². The van der Waals surface area contributed by atoms with Crippen LogP contribution in [0.15, 0.2) is 0 Å². The molecule has 0 saturated carbocycles.